The van der Waals surface area contributed by atoms with Gasteiger partial charge in [0.2, 0.25) is 0 Å². The van der Waals surface area contributed by atoms with Crippen molar-refractivity contribution in [1.29, 1.82) is 0 Å². The summed E-state index contributed by atoms with van der Waals surface area (Å²) < 4.78 is 5.70. The lowest BCUT2D eigenvalue weighted by molar-refractivity contribution is 1.59. The van der Waals surface area contributed by atoms with Crippen LogP contribution in [0.1, 0.15) is 11.1 Å². The predicted octanol–water partition coefficient (Wildman–Crippen LogP) is 7.04. The van der Waals surface area contributed by atoms with Crippen molar-refractivity contribution in [2.75, 3.05) is 0 Å². The molecule has 106 valence electrons. The Hall–Kier alpha value is -1.90. The van der Waals surface area contributed by atoms with Crippen LogP contribution in [0, 0.1) is 13.8 Å². The normalized spacial score (nSPS) is 12.1. The Balaban J connectivity index is 2.15. The first kappa shape index (κ1) is 12.6. The second-order valence-electron chi connectivity index (χ2n) is 5.85. The van der Waals surface area contributed by atoms with Gasteiger partial charge in [-0.2, -0.15) is 0 Å². The van der Waals surface area contributed by atoms with E-state index in [-0.39, 0.29) is 0 Å². The number of aryl methyl sites for hydroxylation is 2. The van der Waals surface area contributed by atoms with Gasteiger partial charge < -0.3 is 0 Å². The largest absolute Gasteiger partial charge is 0.135 e. The summed E-state index contributed by atoms with van der Waals surface area (Å²) in [6, 6.07) is 17.6. The molecule has 0 radical (unpaired) electrons. The summed E-state index contributed by atoms with van der Waals surface area (Å²) in [7, 11) is 0. The van der Waals surface area contributed by atoms with E-state index < -0.39 is 0 Å². The van der Waals surface area contributed by atoms with Crippen molar-refractivity contribution >= 4 is 63.0 Å². The number of fused-ring (bicyclic) bond motifs is 6. The van der Waals surface area contributed by atoms with E-state index in [1.54, 1.807) is 0 Å². The van der Waals surface area contributed by atoms with Gasteiger partial charge in [0.05, 0.1) is 0 Å². The summed E-state index contributed by atoms with van der Waals surface area (Å²) in [5.74, 6) is 0. The Kier molecular flexibility index (Phi) is 2.47. The minimum atomic E-state index is 1.39. The minimum absolute atomic E-state index is 1.39. The van der Waals surface area contributed by atoms with Crippen molar-refractivity contribution in [3.8, 4) is 0 Å². The van der Waals surface area contributed by atoms with Gasteiger partial charge in [-0.3, -0.25) is 0 Å². The molecule has 0 spiro atoms. The van der Waals surface area contributed by atoms with Gasteiger partial charge in [0.25, 0.3) is 0 Å². The highest BCUT2D eigenvalue weighted by Gasteiger charge is 2.17. The molecule has 0 aliphatic heterocycles. The van der Waals surface area contributed by atoms with Gasteiger partial charge in [0.15, 0.2) is 0 Å². The van der Waals surface area contributed by atoms with Crippen molar-refractivity contribution in [2.45, 2.75) is 13.8 Å². The zero-order valence-electron chi connectivity index (χ0n) is 12.4. The van der Waals surface area contributed by atoms with Gasteiger partial charge in [-0.15, -0.1) is 22.7 Å². The highest BCUT2D eigenvalue weighted by atomic mass is 32.1. The van der Waals surface area contributed by atoms with Gasteiger partial charge >= 0.3 is 0 Å². The Morgan fingerprint density at radius 2 is 1.00 bits per heavy atom. The zero-order chi connectivity index (χ0) is 14.8. The van der Waals surface area contributed by atoms with Crippen molar-refractivity contribution in [2.24, 2.45) is 0 Å². The third-order valence-corrected chi connectivity index (χ3v) is 7.20. The minimum Gasteiger partial charge on any atom is -0.135 e. The number of hydrogen-bond acceptors (Lipinski definition) is 2. The average Bonchev–Trinajstić information content (AvgIpc) is 3.12. The fraction of sp³-hybridized carbons (Fsp3) is 0.100. The number of rotatable bonds is 0. The highest BCUT2D eigenvalue weighted by Crippen LogP contribution is 2.46. The van der Waals surface area contributed by atoms with Gasteiger partial charge in [0, 0.05) is 40.3 Å². The van der Waals surface area contributed by atoms with Crippen LogP contribution >= 0.6 is 22.7 Å². The average molecular weight is 318 g/mol. The van der Waals surface area contributed by atoms with E-state index in [1.165, 1.54) is 51.5 Å². The molecule has 3 aromatic carbocycles. The zero-order valence-corrected chi connectivity index (χ0v) is 14.1. The summed E-state index contributed by atoms with van der Waals surface area (Å²) in [6.07, 6.45) is 0. The lowest BCUT2D eigenvalue weighted by atomic mass is 9.99. The summed E-state index contributed by atoms with van der Waals surface area (Å²) in [6.45, 7) is 4.58. The van der Waals surface area contributed by atoms with Crippen molar-refractivity contribution in [3.63, 3.8) is 0 Å². The first-order chi connectivity index (χ1) is 10.8. The highest BCUT2D eigenvalue weighted by molar-refractivity contribution is 7.28. The third-order valence-electron chi connectivity index (χ3n) is 4.62. The van der Waals surface area contributed by atoms with E-state index in [1.807, 2.05) is 22.7 Å². The van der Waals surface area contributed by atoms with E-state index in [0.29, 0.717) is 0 Å². The molecule has 0 N–H and O–H groups in total. The van der Waals surface area contributed by atoms with E-state index in [9.17, 15) is 0 Å². The third kappa shape index (κ3) is 1.47. The molecule has 0 saturated heterocycles. The quantitative estimate of drug-likeness (QED) is 0.287. The first-order valence-corrected chi connectivity index (χ1v) is 9.10. The Morgan fingerprint density at radius 3 is 1.45 bits per heavy atom. The summed E-state index contributed by atoms with van der Waals surface area (Å²) >= 11 is 3.87. The maximum Gasteiger partial charge on any atom is 0.0394 e. The molecule has 5 rings (SSSR count). The number of thiophene rings is 2. The van der Waals surface area contributed by atoms with Gasteiger partial charge in [-0.05, 0) is 37.1 Å². The topological polar surface area (TPSA) is 0 Å². The molecule has 0 atom stereocenters. The number of benzene rings is 3. The van der Waals surface area contributed by atoms with Crippen molar-refractivity contribution in [3.05, 3.63) is 59.7 Å². The van der Waals surface area contributed by atoms with Crippen LogP contribution in [-0.2, 0) is 0 Å². The van der Waals surface area contributed by atoms with Crippen LogP contribution in [0.2, 0.25) is 0 Å². The van der Waals surface area contributed by atoms with Crippen LogP contribution in [0.15, 0.2) is 48.5 Å². The lowest BCUT2D eigenvalue weighted by Gasteiger charge is -2.05. The maximum absolute atomic E-state index is 2.29. The molecule has 2 aromatic heterocycles. The van der Waals surface area contributed by atoms with E-state index >= 15 is 0 Å². The van der Waals surface area contributed by atoms with Gasteiger partial charge in [0.1, 0.15) is 0 Å². The van der Waals surface area contributed by atoms with Crippen molar-refractivity contribution < 1.29 is 0 Å². The Labute approximate surface area is 136 Å². The lowest BCUT2D eigenvalue weighted by Crippen LogP contribution is -1.81. The maximum atomic E-state index is 2.29. The van der Waals surface area contributed by atoms with Crippen LogP contribution in [0.3, 0.4) is 0 Å². The summed E-state index contributed by atoms with van der Waals surface area (Å²) in [5.41, 5.74) is 2.88. The fourth-order valence-electron chi connectivity index (χ4n) is 3.59. The molecule has 22 heavy (non-hydrogen) atoms. The molecular formula is C20H14S2. The van der Waals surface area contributed by atoms with Gasteiger partial charge in [-0.1, -0.05) is 36.4 Å². The molecule has 0 aliphatic rings. The number of hydrogen-bond donors (Lipinski definition) is 0. The first-order valence-electron chi connectivity index (χ1n) is 7.47. The molecule has 0 saturated carbocycles. The molecule has 5 aromatic rings. The standard InChI is InChI=1S/C20H14S2/c1-11-17-13-7-3-5-9-15(13)22-20(17)12(2)18-14-8-4-6-10-16(14)21-19(11)18/h3-10H,1-2H3. The van der Waals surface area contributed by atoms with E-state index in [4.69, 9.17) is 0 Å². The second kappa shape index (κ2) is 4.31. The molecule has 2 heteroatoms. The molecule has 2 heterocycles. The van der Waals surface area contributed by atoms with Crippen LogP contribution < -0.4 is 0 Å². The predicted molar refractivity (Wildman–Crippen MR) is 102 cm³/mol. The van der Waals surface area contributed by atoms with Crippen LogP contribution in [-0.4, -0.2) is 0 Å². The van der Waals surface area contributed by atoms with Crippen LogP contribution in [0.4, 0.5) is 0 Å². The monoisotopic (exact) mass is 318 g/mol. The molecule has 0 amide bonds. The Bertz CT molecular complexity index is 1090. The molecule has 0 bridgehead atoms. The fourth-order valence-corrected chi connectivity index (χ4v) is 6.12. The van der Waals surface area contributed by atoms with Gasteiger partial charge in [-0.25, -0.2) is 0 Å². The molecule has 0 aliphatic carbocycles. The Morgan fingerprint density at radius 1 is 0.591 bits per heavy atom. The molecule has 0 unspecified atom stereocenters. The summed E-state index contributed by atoms with van der Waals surface area (Å²) in [4.78, 5) is 0. The summed E-state index contributed by atoms with van der Waals surface area (Å²) in [5, 5.41) is 5.72. The van der Waals surface area contributed by atoms with E-state index in [0.717, 1.165) is 0 Å². The molecular weight excluding hydrogens is 304 g/mol. The molecule has 0 fully saturated rings. The van der Waals surface area contributed by atoms with Crippen LogP contribution in [0.5, 0.6) is 0 Å². The van der Waals surface area contributed by atoms with E-state index in [2.05, 4.69) is 62.4 Å². The smallest absolute Gasteiger partial charge is 0.0394 e. The van der Waals surface area contributed by atoms with Crippen LogP contribution in [0.25, 0.3) is 40.3 Å². The van der Waals surface area contributed by atoms with Crippen molar-refractivity contribution in [1.82, 2.24) is 0 Å². The SMILES string of the molecule is Cc1c2sc3ccccc3c2c(C)c2sc3ccccc3c12. The molecule has 0 nitrogen and oxygen atoms in total. The second-order valence-corrected chi connectivity index (χ2v) is 7.96.